The molecule has 17 heavy (non-hydrogen) atoms. The largest absolute Gasteiger partial charge is 0.419 e. The van der Waals surface area contributed by atoms with Gasteiger partial charge in [0, 0.05) is 0 Å². The SMILES string of the molecule is CNCCC=Cc1ccc(C(F)(F)F)c(F)c1. The Balaban J connectivity index is 2.79. The van der Waals surface area contributed by atoms with Crippen molar-refractivity contribution in [3.8, 4) is 0 Å². The van der Waals surface area contributed by atoms with Crippen LogP contribution in [0.4, 0.5) is 17.6 Å². The van der Waals surface area contributed by atoms with E-state index in [4.69, 9.17) is 0 Å². The van der Waals surface area contributed by atoms with Crippen LogP contribution in [0.15, 0.2) is 24.3 Å². The van der Waals surface area contributed by atoms with E-state index in [1.54, 1.807) is 19.2 Å². The lowest BCUT2D eigenvalue weighted by Gasteiger charge is -2.07. The highest BCUT2D eigenvalue weighted by molar-refractivity contribution is 5.50. The van der Waals surface area contributed by atoms with Gasteiger partial charge in [-0.2, -0.15) is 13.2 Å². The van der Waals surface area contributed by atoms with Crippen LogP contribution < -0.4 is 5.32 Å². The monoisotopic (exact) mass is 247 g/mol. The summed E-state index contributed by atoms with van der Waals surface area (Å²) in [6.07, 6.45) is -0.531. The normalized spacial score (nSPS) is 12.3. The van der Waals surface area contributed by atoms with Crippen molar-refractivity contribution < 1.29 is 17.6 Å². The molecule has 0 unspecified atom stereocenters. The average molecular weight is 247 g/mol. The zero-order valence-corrected chi connectivity index (χ0v) is 9.31. The summed E-state index contributed by atoms with van der Waals surface area (Å²) in [6, 6.07) is 2.90. The Labute approximate surface area is 97.1 Å². The zero-order valence-electron chi connectivity index (χ0n) is 9.31. The van der Waals surface area contributed by atoms with Crippen LogP contribution in [0.25, 0.3) is 6.08 Å². The van der Waals surface area contributed by atoms with Gasteiger partial charge in [0.1, 0.15) is 5.82 Å². The van der Waals surface area contributed by atoms with E-state index < -0.39 is 17.6 Å². The number of nitrogens with one attached hydrogen (secondary N) is 1. The second kappa shape index (κ2) is 5.82. The van der Waals surface area contributed by atoms with Crippen molar-refractivity contribution in [2.45, 2.75) is 12.6 Å². The molecule has 5 heteroatoms. The van der Waals surface area contributed by atoms with Gasteiger partial charge >= 0.3 is 6.18 Å². The fourth-order valence-corrected chi connectivity index (χ4v) is 1.31. The Bertz CT molecular complexity index is 396. The van der Waals surface area contributed by atoms with Crippen LogP contribution in [0.2, 0.25) is 0 Å². The predicted octanol–water partition coefficient (Wildman–Crippen LogP) is 3.47. The third-order valence-corrected chi connectivity index (χ3v) is 2.17. The van der Waals surface area contributed by atoms with Gasteiger partial charge in [0.25, 0.3) is 0 Å². The van der Waals surface area contributed by atoms with Crippen LogP contribution in [0.5, 0.6) is 0 Å². The van der Waals surface area contributed by atoms with E-state index in [-0.39, 0.29) is 0 Å². The molecule has 0 bridgehead atoms. The van der Waals surface area contributed by atoms with Gasteiger partial charge in [0.2, 0.25) is 0 Å². The van der Waals surface area contributed by atoms with E-state index in [1.165, 1.54) is 6.07 Å². The van der Waals surface area contributed by atoms with Gasteiger partial charge in [0.15, 0.2) is 0 Å². The lowest BCUT2D eigenvalue weighted by molar-refractivity contribution is -0.140. The second-order valence-electron chi connectivity index (χ2n) is 3.53. The lowest BCUT2D eigenvalue weighted by Crippen LogP contribution is -2.07. The number of hydrogen-bond acceptors (Lipinski definition) is 1. The van der Waals surface area contributed by atoms with Crippen molar-refractivity contribution in [3.63, 3.8) is 0 Å². The fraction of sp³-hybridized carbons (Fsp3) is 0.333. The Morgan fingerprint density at radius 1 is 1.29 bits per heavy atom. The number of hydrogen-bond donors (Lipinski definition) is 1. The van der Waals surface area contributed by atoms with Crippen molar-refractivity contribution in [1.82, 2.24) is 5.32 Å². The molecule has 0 heterocycles. The van der Waals surface area contributed by atoms with Gasteiger partial charge in [0.05, 0.1) is 5.56 Å². The molecule has 1 aromatic rings. The summed E-state index contributed by atoms with van der Waals surface area (Å²) in [5.74, 6) is -1.24. The topological polar surface area (TPSA) is 12.0 Å². The van der Waals surface area contributed by atoms with Crippen LogP contribution in [-0.4, -0.2) is 13.6 Å². The van der Waals surface area contributed by atoms with E-state index >= 15 is 0 Å². The highest BCUT2D eigenvalue weighted by Gasteiger charge is 2.33. The summed E-state index contributed by atoms with van der Waals surface area (Å²) in [5, 5.41) is 2.92. The summed E-state index contributed by atoms with van der Waals surface area (Å²) in [5.41, 5.74) is -0.809. The molecule has 0 fully saturated rings. The summed E-state index contributed by atoms with van der Waals surface area (Å²) in [4.78, 5) is 0. The predicted molar refractivity (Wildman–Crippen MR) is 59.0 cm³/mol. The van der Waals surface area contributed by atoms with E-state index in [0.29, 0.717) is 5.56 Å². The molecule has 1 aromatic carbocycles. The van der Waals surface area contributed by atoms with Crippen molar-refractivity contribution in [1.29, 1.82) is 0 Å². The Morgan fingerprint density at radius 3 is 2.53 bits per heavy atom. The summed E-state index contributed by atoms with van der Waals surface area (Å²) >= 11 is 0. The number of halogens is 4. The van der Waals surface area contributed by atoms with Gasteiger partial charge in [-0.05, 0) is 37.7 Å². The molecular weight excluding hydrogens is 234 g/mol. The minimum absolute atomic E-state index is 0.423. The van der Waals surface area contributed by atoms with Gasteiger partial charge in [-0.15, -0.1) is 0 Å². The van der Waals surface area contributed by atoms with E-state index in [0.717, 1.165) is 25.1 Å². The maximum atomic E-state index is 13.2. The molecule has 0 aliphatic carbocycles. The third-order valence-electron chi connectivity index (χ3n) is 2.17. The van der Waals surface area contributed by atoms with Crippen LogP contribution in [-0.2, 0) is 6.18 Å². The number of rotatable bonds is 4. The summed E-state index contributed by atoms with van der Waals surface area (Å²) < 4.78 is 50.0. The van der Waals surface area contributed by atoms with Gasteiger partial charge < -0.3 is 5.32 Å². The Hall–Kier alpha value is -1.36. The van der Waals surface area contributed by atoms with Crippen molar-refractivity contribution >= 4 is 6.08 Å². The quantitative estimate of drug-likeness (QED) is 0.634. The number of benzene rings is 1. The molecule has 0 spiro atoms. The molecule has 0 aromatic heterocycles. The molecule has 0 aliphatic rings. The van der Waals surface area contributed by atoms with E-state index in [2.05, 4.69) is 5.32 Å². The van der Waals surface area contributed by atoms with Crippen LogP contribution in [0, 0.1) is 5.82 Å². The van der Waals surface area contributed by atoms with Crippen molar-refractivity contribution in [2.75, 3.05) is 13.6 Å². The maximum Gasteiger partial charge on any atom is 0.419 e. The van der Waals surface area contributed by atoms with E-state index in [1.807, 2.05) is 0 Å². The van der Waals surface area contributed by atoms with E-state index in [9.17, 15) is 17.6 Å². The minimum Gasteiger partial charge on any atom is -0.319 e. The minimum atomic E-state index is -4.64. The lowest BCUT2D eigenvalue weighted by atomic mass is 10.1. The molecular formula is C12H13F4N. The first kappa shape index (κ1) is 13.7. The van der Waals surface area contributed by atoms with Gasteiger partial charge in [-0.1, -0.05) is 18.2 Å². The molecule has 0 radical (unpaired) electrons. The first-order valence-corrected chi connectivity index (χ1v) is 5.13. The summed E-state index contributed by atoms with van der Waals surface area (Å²) in [7, 11) is 1.80. The molecule has 0 amide bonds. The number of alkyl halides is 3. The summed E-state index contributed by atoms with van der Waals surface area (Å²) in [6.45, 7) is 0.764. The zero-order chi connectivity index (χ0) is 12.9. The first-order chi connectivity index (χ1) is 7.95. The smallest absolute Gasteiger partial charge is 0.319 e. The highest BCUT2D eigenvalue weighted by Crippen LogP contribution is 2.31. The average Bonchev–Trinajstić information content (AvgIpc) is 2.23. The van der Waals surface area contributed by atoms with Crippen molar-refractivity contribution in [3.05, 3.63) is 41.2 Å². The molecule has 0 atom stereocenters. The van der Waals surface area contributed by atoms with Crippen molar-refractivity contribution in [2.24, 2.45) is 0 Å². The highest BCUT2D eigenvalue weighted by atomic mass is 19.4. The van der Waals surface area contributed by atoms with Gasteiger partial charge in [-0.25, -0.2) is 4.39 Å². The van der Waals surface area contributed by atoms with Crippen LogP contribution >= 0.6 is 0 Å². The fourth-order valence-electron chi connectivity index (χ4n) is 1.31. The molecule has 1 nitrogen and oxygen atoms in total. The molecule has 0 aliphatic heterocycles. The molecule has 0 saturated carbocycles. The maximum absolute atomic E-state index is 13.2. The molecule has 1 rings (SSSR count). The van der Waals surface area contributed by atoms with Crippen LogP contribution in [0.3, 0.4) is 0 Å². The third kappa shape index (κ3) is 4.19. The van der Waals surface area contributed by atoms with Gasteiger partial charge in [-0.3, -0.25) is 0 Å². The standard InChI is InChI=1S/C12H13F4N/c1-17-7-3-2-4-9-5-6-10(11(13)8-9)12(14,15)16/h2,4-6,8,17H,3,7H2,1H3. The molecule has 94 valence electrons. The molecule has 1 N–H and O–H groups in total. The Morgan fingerprint density at radius 2 is 2.00 bits per heavy atom. The first-order valence-electron chi connectivity index (χ1n) is 5.13. The Kier molecular flexibility index (Phi) is 4.69. The van der Waals surface area contributed by atoms with Crippen LogP contribution in [0.1, 0.15) is 17.5 Å². The molecule has 0 saturated heterocycles. The second-order valence-corrected chi connectivity index (χ2v) is 3.53.